The second-order valence-electron chi connectivity index (χ2n) is 10.7. The van der Waals surface area contributed by atoms with Crippen LogP contribution >= 0.6 is 7.60 Å². The number of quaternary nitrogens is 1. The first kappa shape index (κ1) is 32.5. The SMILES string of the molecule is CCCC/C=C\CCCCCCCCCC/C=C\CCCCC(O)(C[N+](C)(C)C)P(=O)(O)O. The van der Waals surface area contributed by atoms with Gasteiger partial charge in [-0.2, -0.15) is 0 Å². The molecule has 0 saturated heterocycles. The van der Waals surface area contributed by atoms with Crippen LogP contribution in [0.4, 0.5) is 0 Å². The number of likely N-dealkylation sites (N-methyl/N-ethyl adjacent to an activating group) is 1. The predicted octanol–water partition coefficient (Wildman–Crippen LogP) is 7.32. The van der Waals surface area contributed by atoms with Gasteiger partial charge in [0.2, 0.25) is 5.34 Å². The van der Waals surface area contributed by atoms with Crippen LogP contribution in [0.5, 0.6) is 0 Å². The summed E-state index contributed by atoms with van der Waals surface area (Å²) in [5.41, 5.74) is 0. The third-order valence-corrected chi connectivity index (χ3v) is 7.47. The predicted molar refractivity (Wildman–Crippen MR) is 142 cm³/mol. The molecule has 33 heavy (non-hydrogen) atoms. The molecule has 0 fully saturated rings. The number of nitrogens with zero attached hydrogens (tertiary/aromatic N) is 1. The van der Waals surface area contributed by atoms with Crippen LogP contribution in [0.2, 0.25) is 0 Å². The Kier molecular flexibility index (Phi) is 18.6. The second kappa shape index (κ2) is 18.8. The van der Waals surface area contributed by atoms with Crippen LogP contribution in [0.25, 0.3) is 0 Å². The van der Waals surface area contributed by atoms with Gasteiger partial charge in [-0.25, -0.2) is 0 Å². The molecule has 0 aliphatic heterocycles. The normalized spacial score (nSPS) is 15.0. The average Bonchev–Trinajstić information content (AvgIpc) is 2.70. The van der Waals surface area contributed by atoms with Gasteiger partial charge in [0.15, 0.2) is 0 Å². The molecule has 0 bridgehead atoms. The summed E-state index contributed by atoms with van der Waals surface area (Å²) in [6.07, 6.45) is 28.4. The second-order valence-corrected chi connectivity index (χ2v) is 12.6. The van der Waals surface area contributed by atoms with Gasteiger partial charge in [0, 0.05) is 0 Å². The highest BCUT2D eigenvalue weighted by atomic mass is 31.2. The molecule has 1 atom stereocenters. The van der Waals surface area contributed by atoms with Gasteiger partial charge in [-0.3, -0.25) is 4.57 Å². The van der Waals surface area contributed by atoms with Crippen molar-refractivity contribution in [2.24, 2.45) is 0 Å². The molecule has 0 aliphatic carbocycles. The van der Waals surface area contributed by atoms with Crippen LogP contribution in [-0.4, -0.2) is 52.4 Å². The van der Waals surface area contributed by atoms with Crippen molar-refractivity contribution in [3.05, 3.63) is 24.3 Å². The van der Waals surface area contributed by atoms with Crippen molar-refractivity contribution < 1.29 is 23.9 Å². The van der Waals surface area contributed by atoms with Gasteiger partial charge in [0.25, 0.3) is 0 Å². The Hall–Kier alpha value is -0.450. The topological polar surface area (TPSA) is 77.8 Å². The molecule has 0 aromatic rings. The first-order chi connectivity index (χ1) is 15.5. The van der Waals surface area contributed by atoms with Gasteiger partial charge in [0.05, 0.1) is 21.1 Å². The molecule has 0 aromatic carbocycles. The van der Waals surface area contributed by atoms with Gasteiger partial charge in [-0.15, -0.1) is 0 Å². The van der Waals surface area contributed by atoms with Crippen molar-refractivity contribution in [3.8, 4) is 0 Å². The highest BCUT2D eigenvalue weighted by molar-refractivity contribution is 7.53. The maximum absolute atomic E-state index is 11.8. The lowest BCUT2D eigenvalue weighted by atomic mass is 10.1. The molecule has 0 aliphatic rings. The lowest BCUT2D eigenvalue weighted by molar-refractivity contribution is -0.875. The summed E-state index contributed by atoms with van der Waals surface area (Å²) < 4.78 is 12.1. The Labute approximate surface area is 205 Å². The zero-order chi connectivity index (χ0) is 25.1. The molecule has 1 unspecified atom stereocenters. The van der Waals surface area contributed by atoms with Crippen molar-refractivity contribution in [2.75, 3.05) is 27.7 Å². The summed E-state index contributed by atoms with van der Waals surface area (Å²) in [5.74, 6) is 0. The van der Waals surface area contributed by atoms with Crippen LogP contribution in [0.15, 0.2) is 24.3 Å². The maximum atomic E-state index is 11.8. The van der Waals surface area contributed by atoms with Crippen LogP contribution in [0.3, 0.4) is 0 Å². The lowest BCUT2D eigenvalue weighted by Gasteiger charge is -2.35. The molecule has 0 spiro atoms. The van der Waals surface area contributed by atoms with Crippen molar-refractivity contribution in [2.45, 2.75) is 121 Å². The minimum atomic E-state index is -4.56. The fraction of sp³-hybridized carbons (Fsp3) is 0.852. The Morgan fingerprint density at radius 1 is 0.667 bits per heavy atom. The molecule has 5 nitrogen and oxygen atoms in total. The van der Waals surface area contributed by atoms with E-state index in [9.17, 15) is 19.5 Å². The van der Waals surface area contributed by atoms with E-state index in [1.165, 1.54) is 77.0 Å². The molecular weight excluding hydrogens is 433 g/mol. The number of allylic oxidation sites excluding steroid dienone is 4. The molecular formula is C27H55NO4P+. The van der Waals surface area contributed by atoms with E-state index in [-0.39, 0.29) is 13.0 Å². The highest BCUT2D eigenvalue weighted by Crippen LogP contribution is 2.52. The van der Waals surface area contributed by atoms with E-state index in [1.807, 2.05) is 21.1 Å². The number of unbranched alkanes of at least 4 members (excludes halogenated alkanes) is 13. The summed E-state index contributed by atoms with van der Waals surface area (Å²) in [5, 5.41) is 8.61. The first-order valence-corrected chi connectivity index (χ1v) is 15.0. The molecule has 0 aromatic heterocycles. The van der Waals surface area contributed by atoms with Gasteiger partial charge >= 0.3 is 7.60 Å². The van der Waals surface area contributed by atoms with E-state index >= 15 is 0 Å². The maximum Gasteiger partial charge on any atom is 0.362 e. The molecule has 0 amide bonds. The van der Waals surface area contributed by atoms with Crippen molar-refractivity contribution in [1.29, 1.82) is 0 Å². The zero-order valence-corrected chi connectivity index (χ0v) is 23.1. The van der Waals surface area contributed by atoms with Crippen molar-refractivity contribution in [1.82, 2.24) is 0 Å². The van der Waals surface area contributed by atoms with E-state index in [4.69, 9.17) is 0 Å². The smallest absolute Gasteiger partial charge is 0.362 e. The van der Waals surface area contributed by atoms with E-state index < -0.39 is 12.9 Å². The largest absolute Gasteiger partial charge is 0.373 e. The number of aliphatic hydroxyl groups is 1. The third-order valence-electron chi connectivity index (χ3n) is 6.02. The molecule has 3 N–H and O–H groups in total. The standard InChI is InChI=1S/C27H54NO4P/c1-5-6-7-8-9-10-11-12-13-14-15-16-17-18-19-20-21-22-23-24-25-27(29,33(30,31)32)26-28(2,3)4/h8-9,20-21,29H,5-7,10-19,22-26H2,1-4H3,(H-,30,31,32)/p+1/b9-8-,21-20-. The van der Waals surface area contributed by atoms with Crippen LogP contribution < -0.4 is 0 Å². The van der Waals surface area contributed by atoms with Gasteiger partial charge in [-0.1, -0.05) is 82.6 Å². The van der Waals surface area contributed by atoms with Crippen LogP contribution in [-0.2, 0) is 4.57 Å². The summed E-state index contributed by atoms with van der Waals surface area (Å²) in [7, 11) is 0.936. The third kappa shape index (κ3) is 19.5. The Balaban J connectivity index is 3.63. The Bertz CT molecular complexity index is 565. The summed E-state index contributed by atoms with van der Waals surface area (Å²) in [6.45, 7) is 2.29. The summed E-state index contributed by atoms with van der Waals surface area (Å²) >= 11 is 0. The van der Waals surface area contributed by atoms with Crippen LogP contribution in [0, 0.1) is 0 Å². The number of rotatable bonds is 22. The van der Waals surface area contributed by atoms with E-state index in [0.717, 1.165) is 19.3 Å². The Morgan fingerprint density at radius 3 is 1.39 bits per heavy atom. The minimum Gasteiger partial charge on any atom is -0.373 e. The van der Waals surface area contributed by atoms with Crippen LogP contribution in [0.1, 0.15) is 116 Å². The molecule has 0 saturated carbocycles. The number of hydrogen-bond donors (Lipinski definition) is 3. The highest BCUT2D eigenvalue weighted by Gasteiger charge is 2.48. The zero-order valence-electron chi connectivity index (χ0n) is 22.2. The molecule has 196 valence electrons. The van der Waals surface area contributed by atoms with Crippen molar-refractivity contribution >= 4 is 7.60 Å². The molecule has 0 rings (SSSR count). The molecule has 6 heteroatoms. The number of hydrogen-bond acceptors (Lipinski definition) is 2. The monoisotopic (exact) mass is 488 g/mol. The molecule has 0 radical (unpaired) electrons. The van der Waals surface area contributed by atoms with Gasteiger partial charge in [0.1, 0.15) is 6.54 Å². The van der Waals surface area contributed by atoms with E-state index in [0.29, 0.717) is 10.9 Å². The van der Waals surface area contributed by atoms with Gasteiger partial charge in [-0.05, 0) is 57.8 Å². The van der Waals surface area contributed by atoms with E-state index in [2.05, 4.69) is 31.2 Å². The average molecular weight is 489 g/mol. The summed E-state index contributed by atoms with van der Waals surface area (Å²) in [4.78, 5) is 19.2. The lowest BCUT2D eigenvalue weighted by Crippen LogP contribution is -2.49. The fourth-order valence-electron chi connectivity index (χ4n) is 4.13. The summed E-state index contributed by atoms with van der Waals surface area (Å²) in [6, 6.07) is 0. The van der Waals surface area contributed by atoms with E-state index in [1.54, 1.807) is 0 Å². The fourth-order valence-corrected chi connectivity index (χ4v) is 5.18. The van der Waals surface area contributed by atoms with Gasteiger partial charge < -0.3 is 19.4 Å². The Morgan fingerprint density at radius 2 is 1.03 bits per heavy atom. The van der Waals surface area contributed by atoms with Crippen molar-refractivity contribution in [3.63, 3.8) is 0 Å². The quantitative estimate of drug-likeness (QED) is 0.0645. The first-order valence-electron chi connectivity index (χ1n) is 13.4. The minimum absolute atomic E-state index is 0.0452. The molecule has 0 heterocycles.